The summed E-state index contributed by atoms with van der Waals surface area (Å²) in [5.41, 5.74) is 4.24. The van der Waals surface area contributed by atoms with Crippen molar-refractivity contribution in [1.82, 2.24) is 5.43 Å². The number of hydrazine groups is 1. The lowest BCUT2D eigenvalue weighted by Gasteiger charge is -2.18. The molecule has 106 valence electrons. The molecule has 0 saturated heterocycles. The zero-order valence-corrected chi connectivity index (χ0v) is 14.1. The van der Waals surface area contributed by atoms with E-state index >= 15 is 0 Å². The van der Waals surface area contributed by atoms with E-state index in [4.69, 9.17) is 5.84 Å². The fraction of sp³-hybridized carbons (Fsp3) is 0.143. The molecule has 0 fully saturated rings. The van der Waals surface area contributed by atoms with Gasteiger partial charge in [-0.25, -0.2) is 8.78 Å². The number of rotatable bonds is 4. The van der Waals surface area contributed by atoms with Crippen LogP contribution in [-0.4, -0.2) is 0 Å². The van der Waals surface area contributed by atoms with Crippen LogP contribution in [0.5, 0.6) is 0 Å². The number of halogens is 4. The minimum absolute atomic E-state index is 0.222. The van der Waals surface area contributed by atoms with Crippen LogP contribution in [0.4, 0.5) is 8.78 Å². The minimum Gasteiger partial charge on any atom is -0.271 e. The molecule has 1 atom stereocenters. The average molecular weight is 453 g/mol. The summed E-state index contributed by atoms with van der Waals surface area (Å²) in [5, 5.41) is 0. The SMILES string of the molecule is NNC(Cc1cc(F)cc(F)c1)c1cc(Br)ccc1I. The molecular weight excluding hydrogens is 441 g/mol. The van der Waals surface area contributed by atoms with Crippen LogP contribution < -0.4 is 11.3 Å². The van der Waals surface area contributed by atoms with Crippen molar-refractivity contribution in [3.63, 3.8) is 0 Å². The standard InChI is InChI=1S/C14H12BrF2IN2/c15-9-1-2-13(18)12(6-9)14(20-19)5-8-3-10(16)7-11(17)4-8/h1-4,6-7,14,20H,5,19H2. The van der Waals surface area contributed by atoms with Gasteiger partial charge in [-0.1, -0.05) is 15.9 Å². The predicted octanol–water partition coefficient (Wildman–Crippen LogP) is 4.08. The van der Waals surface area contributed by atoms with Crippen molar-refractivity contribution >= 4 is 38.5 Å². The molecule has 0 heterocycles. The van der Waals surface area contributed by atoms with Gasteiger partial charge in [0.15, 0.2) is 0 Å². The van der Waals surface area contributed by atoms with Crippen LogP contribution in [0.3, 0.4) is 0 Å². The van der Waals surface area contributed by atoms with E-state index in [1.54, 1.807) is 0 Å². The molecular formula is C14H12BrF2IN2. The third-order valence-electron chi connectivity index (χ3n) is 2.90. The Morgan fingerprint density at radius 2 is 1.80 bits per heavy atom. The smallest absolute Gasteiger partial charge is 0.126 e. The van der Waals surface area contributed by atoms with E-state index in [1.165, 1.54) is 12.1 Å². The third kappa shape index (κ3) is 3.97. The molecule has 0 radical (unpaired) electrons. The highest BCUT2D eigenvalue weighted by molar-refractivity contribution is 14.1. The molecule has 2 aromatic carbocycles. The van der Waals surface area contributed by atoms with E-state index in [9.17, 15) is 8.78 Å². The van der Waals surface area contributed by atoms with Crippen molar-refractivity contribution in [3.8, 4) is 0 Å². The summed E-state index contributed by atoms with van der Waals surface area (Å²) in [7, 11) is 0. The number of benzene rings is 2. The fourth-order valence-corrected chi connectivity index (χ4v) is 3.09. The number of nitrogens with one attached hydrogen (secondary N) is 1. The summed E-state index contributed by atoms with van der Waals surface area (Å²) in [4.78, 5) is 0. The molecule has 0 bridgehead atoms. The summed E-state index contributed by atoms with van der Waals surface area (Å²) in [6.45, 7) is 0. The lowest BCUT2D eigenvalue weighted by Crippen LogP contribution is -2.30. The predicted molar refractivity (Wildman–Crippen MR) is 87.0 cm³/mol. The van der Waals surface area contributed by atoms with Crippen LogP contribution in [0.25, 0.3) is 0 Å². The fourth-order valence-electron chi connectivity index (χ4n) is 2.00. The first-order valence-electron chi connectivity index (χ1n) is 5.85. The molecule has 1 unspecified atom stereocenters. The van der Waals surface area contributed by atoms with Gasteiger partial charge < -0.3 is 0 Å². The van der Waals surface area contributed by atoms with E-state index in [-0.39, 0.29) is 6.04 Å². The zero-order valence-electron chi connectivity index (χ0n) is 10.3. The second kappa shape index (κ2) is 6.93. The maximum Gasteiger partial charge on any atom is 0.126 e. The molecule has 0 aliphatic carbocycles. The monoisotopic (exact) mass is 452 g/mol. The Morgan fingerprint density at radius 1 is 1.15 bits per heavy atom. The highest BCUT2D eigenvalue weighted by Crippen LogP contribution is 2.26. The highest BCUT2D eigenvalue weighted by Gasteiger charge is 2.15. The molecule has 20 heavy (non-hydrogen) atoms. The first kappa shape index (κ1) is 15.8. The number of nitrogens with two attached hydrogens (primary N) is 1. The first-order valence-corrected chi connectivity index (χ1v) is 7.73. The summed E-state index contributed by atoms with van der Waals surface area (Å²) in [6, 6.07) is 9.10. The Balaban J connectivity index is 2.31. The van der Waals surface area contributed by atoms with E-state index in [1.807, 2.05) is 18.2 Å². The molecule has 0 amide bonds. The quantitative estimate of drug-likeness (QED) is 0.416. The van der Waals surface area contributed by atoms with Gasteiger partial charge in [0, 0.05) is 14.1 Å². The van der Waals surface area contributed by atoms with Crippen molar-refractivity contribution in [2.45, 2.75) is 12.5 Å². The van der Waals surface area contributed by atoms with Gasteiger partial charge in [-0.15, -0.1) is 0 Å². The van der Waals surface area contributed by atoms with Crippen molar-refractivity contribution in [3.05, 3.63) is 67.2 Å². The van der Waals surface area contributed by atoms with Crippen LogP contribution in [-0.2, 0) is 6.42 Å². The lowest BCUT2D eigenvalue weighted by molar-refractivity contribution is 0.538. The third-order valence-corrected chi connectivity index (χ3v) is 4.37. The number of hydrogen-bond donors (Lipinski definition) is 2. The Bertz CT molecular complexity index is 602. The van der Waals surface area contributed by atoms with E-state index in [0.29, 0.717) is 12.0 Å². The van der Waals surface area contributed by atoms with Crippen molar-refractivity contribution in [2.24, 2.45) is 5.84 Å². The van der Waals surface area contributed by atoms with E-state index < -0.39 is 11.6 Å². The van der Waals surface area contributed by atoms with Crippen LogP contribution in [0.2, 0.25) is 0 Å². The van der Waals surface area contributed by atoms with Gasteiger partial charge in [-0.3, -0.25) is 11.3 Å². The molecule has 3 N–H and O–H groups in total. The maximum atomic E-state index is 13.2. The van der Waals surface area contributed by atoms with Gasteiger partial charge >= 0.3 is 0 Å². The largest absolute Gasteiger partial charge is 0.271 e. The number of hydrogen-bond acceptors (Lipinski definition) is 2. The maximum absolute atomic E-state index is 13.2. The van der Waals surface area contributed by atoms with Crippen molar-refractivity contribution < 1.29 is 8.78 Å². The molecule has 6 heteroatoms. The second-order valence-electron chi connectivity index (χ2n) is 4.37. The van der Waals surface area contributed by atoms with Crippen molar-refractivity contribution in [2.75, 3.05) is 0 Å². The topological polar surface area (TPSA) is 38.0 Å². The molecule has 0 aromatic heterocycles. The Labute approximate surface area is 138 Å². The van der Waals surface area contributed by atoms with Crippen molar-refractivity contribution in [1.29, 1.82) is 0 Å². The van der Waals surface area contributed by atoms with Gasteiger partial charge in [-0.05, 0) is 70.5 Å². The average Bonchev–Trinajstić information content (AvgIpc) is 2.38. The molecule has 2 aromatic rings. The van der Waals surface area contributed by atoms with Gasteiger partial charge in [0.25, 0.3) is 0 Å². The van der Waals surface area contributed by atoms with Crippen LogP contribution in [0.15, 0.2) is 40.9 Å². The molecule has 0 aliphatic rings. The van der Waals surface area contributed by atoms with Gasteiger partial charge in [-0.2, -0.15) is 0 Å². The Kier molecular flexibility index (Phi) is 5.48. The lowest BCUT2D eigenvalue weighted by atomic mass is 9.99. The Morgan fingerprint density at radius 3 is 2.40 bits per heavy atom. The molecule has 2 nitrogen and oxygen atoms in total. The summed E-state index contributed by atoms with van der Waals surface area (Å²) in [5.74, 6) is 4.42. The Hall–Kier alpha value is -0.570. The van der Waals surface area contributed by atoms with E-state index in [0.717, 1.165) is 19.7 Å². The first-order chi connectivity index (χ1) is 9.49. The van der Waals surface area contributed by atoms with Gasteiger partial charge in [0.2, 0.25) is 0 Å². The molecule has 0 saturated carbocycles. The minimum atomic E-state index is -0.584. The van der Waals surface area contributed by atoms with Gasteiger partial charge in [0.05, 0.1) is 6.04 Å². The normalized spacial score (nSPS) is 12.4. The van der Waals surface area contributed by atoms with Crippen LogP contribution >= 0.6 is 38.5 Å². The molecule has 2 rings (SSSR count). The highest BCUT2D eigenvalue weighted by atomic mass is 127. The van der Waals surface area contributed by atoms with E-state index in [2.05, 4.69) is 43.9 Å². The van der Waals surface area contributed by atoms with Crippen LogP contribution in [0, 0.1) is 15.2 Å². The second-order valence-corrected chi connectivity index (χ2v) is 6.44. The summed E-state index contributed by atoms with van der Waals surface area (Å²) >= 11 is 5.62. The summed E-state index contributed by atoms with van der Waals surface area (Å²) < 4.78 is 28.4. The zero-order chi connectivity index (χ0) is 14.7. The molecule has 0 aliphatic heterocycles. The van der Waals surface area contributed by atoms with Gasteiger partial charge in [0.1, 0.15) is 11.6 Å². The van der Waals surface area contributed by atoms with Crippen LogP contribution in [0.1, 0.15) is 17.2 Å². The summed E-state index contributed by atoms with van der Waals surface area (Å²) in [6.07, 6.45) is 0.400. The molecule has 0 spiro atoms.